The van der Waals surface area contributed by atoms with Crippen LogP contribution in [0.15, 0.2) is 97.1 Å². The van der Waals surface area contributed by atoms with Crippen LogP contribution in [0.2, 0.25) is 10.0 Å². The van der Waals surface area contributed by atoms with Crippen LogP contribution in [-0.2, 0) is 4.74 Å². The molecule has 0 saturated heterocycles. The van der Waals surface area contributed by atoms with Crippen LogP contribution in [0, 0.1) is 0 Å². The molecule has 1 amide bonds. The molecule has 204 valence electrons. The van der Waals surface area contributed by atoms with Crippen molar-refractivity contribution in [1.82, 2.24) is 5.32 Å². The number of ether oxygens (including phenoxy) is 3. The highest BCUT2D eigenvalue weighted by molar-refractivity contribution is 6.31. The zero-order valence-corrected chi connectivity index (χ0v) is 22.9. The van der Waals surface area contributed by atoms with Gasteiger partial charge in [-0.15, -0.1) is 0 Å². The molecule has 0 bridgehead atoms. The summed E-state index contributed by atoms with van der Waals surface area (Å²) in [6.07, 6.45) is -1.58. The van der Waals surface area contributed by atoms with E-state index in [4.69, 9.17) is 37.4 Å². The number of alkyl carbamates (subject to hydrolysis) is 1. The molecule has 4 aromatic carbocycles. The maximum absolute atomic E-state index is 12.7. The van der Waals surface area contributed by atoms with Crippen LogP contribution in [0.25, 0.3) is 0 Å². The first-order valence-corrected chi connectivity index (χ1v) is 13.1. The van der Waals surface area contributed by atoms with Gasteiger partial charge >= 0.3 is 6.09 Å². The normalized spacial score (nSPS) is 11.3. The summed E-state index contributed by atoms with van der Waals surface area (Å²) in [5.74, 6) is 0.565. The molecule has 4 rings (SSSR count). The van der Waals surface area contributed by atoms with Crippen molar-refractivity contribution in [2.24, 2.45) is 0 Å². The van der Waals surface area contributed by atoms with Gasteiger partial charge in [0.1, 0.15) is 18.1 Å². The molecule has 0 spiro atoms. The van der Waals surface area contributed by atoms with Gasteiger partial charge in [-0.25, -0.2) is 4.79 Å². The number of carbonyl (C=O) groups excluding carboxylic acids is 3. The zero-order valence-electron chi connectivity index (χ0n) is 21.4. The minimum absolute atomic E-state index is 0.0608. The third kappa shape index (κ3) is 7.85. The second-order valence-electron chi connectivity index (χ2n) is 8.50. The van der Waals surface area contributed by atoms with E-state index >= 15 is 0 Å². The minimum atomic E-state index is -0.910. The van der Waals surface area contributed by atoms with Crippen LogP contribution in [0.5, 0.6) is 11.5 Å². The lowest BCUT2D eigenvalue weighted by molar-refractivity contribution is 0.0824. The first-order valence-electron chi connectivity index (χ1n) is 12.4. The Labute approximate surface area is 241 Å². The fraction of sp³-hybridized carbons (Fsp3) is 0.129. The molecule has 0 aromatic heterocycles. The van der Waals surface area contributed by atoms with Crippen LogP contribution in [0.1, 0.15) is 38.8 Å². The van der Waals surface area contributed by atoms with Crippen molar-refractivity contribution in [3.8, 4) is 11.5 Å². The number of amides is 1. The summed E-state index contributed by atoms with van der Waals surface area (Å²) in [6.45, 7) is 1.81. The highest BCUT2D eigenvalue weighted by Gasteiger charge is 2.17. The first-order chi connectivity index (χ1) is 19.3. The lowest BCUT2D eigenvalue weighted by Crippen LogP contribution is -2.43. The van der Waals surface area contributed by atoms with Crippen LogP contribution in [0.3, 0.4) is 0 Å². The van der Waals surface area contributed by atoms with E-state index < -0.39 is 12.3 Å². The fourth-order valence-corrected chi connectivity index (χ4v) is 3.92. The van der Waals surface area contributed by atoms with Gasteiger partial charge in [-0.1, -0.05) is 23.2 Å². The van der Waals surface area contributed by atoms with E-state index in [2.05, 4.69) is 5.32 Å². The predicted molar refractivity (Wildman–Crippen MR) is 153 cm³/mol. The van der Waals surface area contributed by atoms with E-state index in [-0.39, 0.29) is 24.8 Å². The standard InChI is InChI=1S/C31H25Cl2NO6/c1-2-38-31(37)34-28(40-27-17-9-23(10-18-27)30(36)21-5-13-25(33)14-6-21)19-39-26-15-7-22(8-16-26)29(35)20-3-11-24(32)12-4-20/h3-18,28H,2,19H2,1H3,(H,34,37). The summed E-state index contributed by atoms with van der Waals surface area (Å²) in [6, 6.07) is 26.4. The molecule has 0 aliphatic rings. The molecule has 1 atom stereocenters. The SMILES string of the molecule is CCOC(=O)NC(COc1ccc(C(=O)c2ccc(Cl)cc2)cc1)Oc1ccc(C(=O)c2ccc(Cl)cc2)cc1. The van der Waals surface area contributed by atoms with Crippen molar-refractivity contribution in [3.05, 3.63) is 129 Å². The molecule has 7 nitrogen and oxygen atoms in total. The van der Waals surface area contributed by atoms with E-state index in [1.165, 1.54) is 0 Å². The van der Waals surface area contributed by atoms with Crippen molar-refractivity contribution in [3.63, 3.8) is 0 Å². The first kappa shape index (κ1) is 28.7. The smallest absolute Gasteiger partial charge is 0.410 e. The summed E-state index contributed by atoms with van der Waals surface area (Å²) in [7, 11) is 0. The number of hydrogen-bond acceptors (Lipinski definition) is 6. The maximum Gasteiger partial charge on any atom is 0.410 e. The van der Waals surface area contributed by atoms with Gasteiger partial charge in [-0.2, -0.15) is 0 Å². The predicted octanol–water partition coefficient (Wildman–Crippen LogP) is 6.99. The lowest BCUT2D eigenvalue weighted by atomic mass is 10.0. The molecule has 0 fully saturated rings. The average Bonchev–Trinajstić information content (AvgIpc) is 2.97. The maximum atomic E-state index is 12.7. The molecular formula is C31H25Cl2NO6. The monoisotopic (exact) mass is 577 g/mol. The van der Waals surface area contributed by atoms with Crippen molar-refractivity contribution in [1.29, 1.82) is 0 Å². The van der Waals surface area contributed by atoms with Crippen LogP contribution >= 0.6 is 23.2 Å². The molecule has 1 N–H and O–H groups in total. The van der Waals surface area contributed by atoms with E-state index in [1.54, 1.807) is 104 Å². The Bertz CT molecular complexity index is 1450. The summed E-state index contributed by atoms with van der Waals surface area (Å²) in [4.78, 5) is 37.5. The van der Waals surface area contributed by atoms with Gasteiger partial charge in [-0.05, 0) is 104 Å². The highest BCUT2D eigenvalue weighted by atomic mass is 35.5. The largest absolute Gasteiger partial charge is 0.488 e. The summed E-state index contributed by atoms with van der Waals surface area (Å²) >= 11 is 11.8. The summed E-state index contributed by atoms with van der Waals surface area (Å²) < 4.78 is 16.7. The van der Waals surface area contributed by atoms with Gasteiger partial charge < -0.3 is 14.2 Å². The quantitative estimate of drug-likeness (QED) is 0.153. The molecular weight excluding hydrogens is 553 g/mol. The molecule has 1 unspecified atom stereocenters. The third-order valence-electron chi connectivity index (χ3n) is 5.68. The molecule has 40 heavy (non-hydrogen) atoms. The fourth-order valence-electron chi connectivity index (χ4n) is 3.67. The third-order valence-corrected chi connectivity index (χ3v) is 6.18. The van der Waals surface area contributed by atoms with Gasteiger partial charge in [0.25, 0.3) is 0 Å². The van der Waals surface area contributed by atoms with E-state index in [0.29, 0.717) is 43.8 Å². The van der Waals surface area contributed by atoms with Crippen LogP contribution in [0.4, 0.5) is 4.79 Å². The zero-order chi connectivity index (χ0) is 28.5. The lowest BCUT2D eigenvalue weighted by Gasteiger charge is -2.21. The number of ketones is 2. The highest BCUT2D eigenvalue weighted by Crippen LogP contribution is 2.20. The number of rotatable bonds is 11. The second kappa shape index (κ2) is 13.6. The number of nitrogens with one attached hydrogen (secondary N) is 1. The minimum Gasteiger partial charge on any atom is -0.488 e. The Balaban J connectivity index is 1.40. The summed E-state index contributed by atoms with van der Waals surface area (Å²) in [5.41, 5.74) is 1.98. The number of benzene rings is 4. The molecule has 9 heteroatoms. The van der Waals surface area contributed by atoms with Gasteiger partial charge in [0.2, 0.25) is 6.23 Å². The van der Waals surface area contributed by atoms with Crippen LogP contribution < -0.4 is 14.8 Å². The Morgan fingerprint density at radius 2 is 1.05 bits per heavy atom. The number of carbonyl (C=O) groups is 3. The molecule has 0 heterocycles. The Morgan fingerprint density at radius 1 is 0.650 bits per heavy atom. The Morgan fingerprint density at radius 3 is 1.48 bits per heavy atom. The topological polar surface area (TPSA) is 90.9 Å². The number of halogens is 2. The van der Waals surface area contributed by atoms with Gasteiger partial charge in [-0.3, -0.25) is 14.9 Å². The molecule has 0 aliphatic carbocycles. The molecule has 0 radical (unpaired) electrons. The van der Waals surface area contributed by atoms with Crippen molar-refractivity contribution in [2.45, 2.75) is 13.2 Å². The summed E-state index contributed by atoms with van der Waals surface area (Å²) in [5, 5.41) is 3.71. The second-order valence-corrected chi connectivity index (χ2v) is 9.38. The van der Waals surface area contributed by atoms with Crippen LogP contribution in [-0.4, -0.2) is 37.1 Å². The van der Waals surface area contributed by atoms with E-state index in [1.807, 2.05) is 0 Å². The molecule has 0 aliphatic heterocycles. The van der Waals surface area contributed by atoms with Gasteiger partial charge in [0.05, 0.1) is 6.61 Å². The van der Waals surface area contributed by atoms with Crippen molar-refractivity contribution >= 4 is 40.9 Å². The van der Waals surface area contributed by atoms with E-state index in [9.17, 15) is 14.4 Å². The van der Waals surface area contributed by atoms with Crippen molar-refractivity contribution in [2.75, 3.05) is 13.2 Å². The Hall–Kier alpha value is -4.33. The molecule has 0 saturated carbocycles. The number of hydrogen-bond donors (Lipinski definition) is 1. The molecule has 4 aromatic rings. The van der Waals surface area contributed by atoms with Gasteiger partial charge in [0.15, 0.2) is 11.6 Å². The average molecular weight is 578 g/mol. The van der Waals surface area contributed by atoms with E-state index in [0.717, 1.165) is 0 Å². The van der Waals surface area contributed by atoms with Crippen molar-refractivity contribution < 1.29 is 28.6 Å². The Kier molecular flexibility index (Phi) is 9.78. The van der Waals surface area contributed by atoms with Gasteiger partial charge in [0, 0.05) is 32.3 Å².